The highest BCUT2D eigenvalue weighted by Crippen LogP contribution is 2.32. The van der Waals surface area contributed by atoms with Gasteiger partial charge in [0.25, 0.3) is 0 Å². The predicted octanol–water partition coefficient (Wildman–Crippen LogP) is 2.47. The molecule has 13 heavy (non-hydrogen) atoms. The van der Waals surface area contributed by atoms with Gasteiger partial charge in [-0.25, -0.2) is 4.68 Å². The summed E-state index contributed by atoms with van der Waals surface area (Å²) in [6.07, 6.45) is -4.61. The van der Waals surface area contributed by atoms with Crippen LogP contribution in [-0.4, -0.2) is 9.78 Å². The van der Waals surface area contributed by atoms with Gasteiger partial charge >= 0.3 is 6.18 Å². The van der Waals surface area contributed by atoms with Crippen LogP contribution in [0.15, 0.2) is 0 Å². The Morgan fingerprint density at radius 2 is 2.00 bits per heavy atom. The summed E-state index contributed by atoms with van der Waals surface area (Å²) in [5.41, 5.74) is -1.64. The van der Waals surface area contributed by atoms with Gasteiger partial charge in [0.05, 0.1) is 0 Å². The van der Waals surface area contributed by atoms with Crippen molar-refractivity contribution in [1.29, 1.82) is 0 Å². The lowest BCUT2D eigenvalue weighted by Crippen LogP contribution is -2.08. The molecule has 74 valence electrons. The summed E-state index contributed by atoms with van der Waals surface area (Å²) in [5, 5.41) is 2.83. The third-order valence-electron chi connectivity index (χ3n) is 1.47. The fourth-order valence-electron chi connectivity index (χ4n) is 0.893. The van der Waals surface area contributed by atoms with Crippen LogP contribution in [0.3, 0.4) is 0 Å². The Hall–Kier alpha value is -0.590. The topological polar surface area (TPSA) is 17.8 Å². The molecule has 0 spiro atoms. The summed E-state index contributed by atoms with van der Waals surface area (Å²) in [6.45, 7) is 0. The molecule has 0 aliphatic rings. The molecule has 0 aromatic carbocycles. The maximum atomic E-state index is 12.9. The summed E-state index contributed by atoms with van der Waals surface area (Å²) in [6, 6.07) is 0. The van der Waals surface area contributed by atoms with Crippen molar-refractivity contribution in [3.63, 3.8) is 0 Å². The second-order valence-corrected chi connectivity index (χ2v) is 2.93. The first-order valence-electron chi connectivity index (χ1n) is 3.22. The molecule has 0 saturated heterocycles. The minimum Gasteiger partial charge on any atom is -0.242 e. The van der Waals surface area contributed by atoms with Gasteiger partial charge in [-0.15, -0.1) is 0 Å². The minimum absolute atomic E-state index is 0.207. The molecule has 0 radical (unpaired) electrons. The van der Waals surface area contributed by atoms with Crippen molar-refractivity contribution < 1.29 is 17.6 Å². The molecule has 0 N–H and O–H groups in total. The van der Waals surface area contributed by atoms with Crippen LogP contribution in [0.1, 0.15) is 11.3 Å². The Kier molecular flexibility index (Phi) is 2.65. The average molecular weight is 261 g/mol. The Morgan fingerprint density at radius 1 is 1.46 bits per heavy atom. The zero-order chi connectivity index (χ0) is 10.2. The van der Waals surface area contributed by atoms with E-state index < -0.39 is 23.4 Å². The normalized spacial score (nSPS) is 12.2. The van der Waals surface area contributed by atoms with E-state index in [-0.39, 0.29) is 5.33 Å². The number of alkyl halides is 4. The van der Waals surface area contributed by atoms with Crippen LogP contribution in [0.4, 0.5) is 17.6 Å². The van der Waals surface area contributed by atoms with Crippen LogP contribution in [-0.2, 0) is 18.6 Å². The monoisotopic (exact) mass is 260 g/mol. The van der Waals surface area contributed by atoms with Crippen LogP contribution in [0, 0.1) is 5.95 Å². The third kappa shape index (κ3) is 1.84. The third-order valence-corrected chi connectivity index (χ3v) is 2.03. The standard InChI is InChI=1S/C6H5BrF4N2/c1-13-5(8)3(2-7)4(12-13)6(9,10)11/h2H2,1H3. The number of hydrogen-bond donors (Lipinski definition) is 0. The Balaban J connectivity index is 3.30. The van der Waals surface area contributed by atoms with E-state index in [1.807, 2.05) is 0 Å². The molecule has 1 rings (SSSR count). The lowest BCUT2D eigenvalue weighted by molar-refractivity contribution is -0.141. The van der Waals surface area contributed by atoms with Gasteiger partial charge in [-0.05, 0) is 0 Å². The van der Waals surface area contributed by atoms with Crippen molar-refractivity contribution in [3.05, 3.63) is 17.2 Å². The van der Waals surface area contributed by atoms with E-state index in [1.165, 1.54) is 0 Å². The predicted molar refractivity (Wildman–Crippen MR) is 40.8 cm³/mol. The number of aryl methyl sites for hydroxylation is 1. The van der Waals surface area contributed by atoms with Crippen molar-refractivity contribution >= 4 is 15.9 Å². The molecule has 0 amide bonds. The second-order valence-electron chi connectivity index (χ2n) is 2.37. The minimum atomic E-state index is -4.61. The van der Waals surface area contributed by atoms with Gasteiger partial charge in [-0.1, -0.05) is 15.9 Å². The van der Waals surface area contributed by atoms with E-state index in [2.05, 4.69) is 21.0 Å². The Labute approximate surface area is 79.7 Å². The molecule has 0 saturated carbocycles. The number of rotatable bonds is 1. The molecule has 0 unspecified atom stereocenters. The van der Waals surface area contributed by atoms with Gasteiger partial charge in [0.2, 0.25) is 5.95 Å². The average Bonchev–Trinajstić information content (AvgIpc) is 2.28. The molecule has 7 heteroatoms. The zero-order valence-electron chi connectivity index (χ0n) is 6.49. The molecule has 2 nitrogen and oxygen atoms in total. The molecule has 0 aliphatic carbocycles. The number of aromatic nitrogens is 2. The Morgan fingerprint density at radius 3 is 2.31 bits per heavy atom. The van der Waals surface area contributed by atoms with Crippen molar-refractivity contribution in [2.75, 3.05) is 0 Å². The van der Waals surface area contributed by atoms with Gasteiger partial charge in [-0.2, -0.15) is 22.7 Å². The number of halogens is 5. The SMILES string of the molecule is Cn1nc(C(F)(F)F)c(CBr)c1F. The molecular formula is C6H5BrF4N2. The summed E-state index contributed by atoms with van der Waals surface area (Å²) in [4.78, 5) is 0. The lowest BCUT2D eigenvalue weighted by Gasteiger charge is -2.02. The molecule has 1 heterocycles. The van der Waals surface area contributed by atoms with Crippen LogP contribution in [0.25, 0.3) is 0 Å². The van der Waals surface area contributed by atoms with Crippen LogP contribution >= 0.6 is 15.9 Å². The van der Waals surface area contributed by atoms with Gasteiger partial charge in [0, 0.05) is 17.9 Å². The summed E-state index contributed by atoms with van der Waals surface area (Å²) >= 11 is 2.77. The highest BCUT2D eigenvalue weighted by Gasteiger charge is 2.38. The van der Waals surface area contributed by atoms with Crippen LogP contribution < -0.4 is 0 Å². The van der Waals surface area contributed by atoms with Gasteiger partial charge < -0.3 is 0 Å². The Bertz CT molecular complexity index is 317. The highest BCUT2D eigenvalue weighted by atomic mass is 79.9. The fraction of sp³-hybridized carbons (Fsp3) is 0.500. The van der Waals surface area contributed by atoms with E-state index in [1.54, 1.807) is 0 Å². The fourth-order valence-corrected chi connectivity index (χ4v) is 1.39. The quantitative estimate of drug-likeness (QED) is 0.561. The summed E-state index contributed by atoms with van der Waals surface area (Å²) in [5.74, 6) is -0.968. The van der Waals surface area contributed by atoms with Crippen LogP contribution in [0.2, 0.25) is 0 Å². The van der Waals surface area contributed by atoms with Gasteiger partial charge in [-0.3, -0.25) is 0 Å². The van der Waals surface area contributed by atoms with E-state index in [0.29, 0.717) is 4.68 Å². The number of nitrogens with zero attached hydrogens (tertiary/aromatic N) is 2. The molecule has 1 aromatic rings. The first kappa shape index (κ1) is 10.5. The zero-order valence-corrected chi connectivity index (χ0v) is 8.08. The van der Waals surface area contributed by atoms with E-state index in [4.69, 9.17) is 0 Å². The lowest BCUT2D eigenvalue weighted by atomic mass is 10.3. The highest BCUT2D eigenvalue weighted by molar-refractivity contribution is 9.08. The van der Waals surface area contributed by atoms with Crippen molar-refractivity contribution in [2.45, 2.75) is 11.5 Å². The van der Waals surface area contributed by atoms with Gasteiger partial charge in [0.1, 0.15) is 0 Å². The maximum absolute atomic E-state index is 12.9. The molecule has 1 aromatic heterocycles. The van der Waals surface area contributed by atoms with E-state index in [0.717, 1.165) is 7.05 Å². The van der Waals surface area contributed by atoms with E-state index in [9.17, 15) is 17.6 Å². The summed E-state index contributed by atoms with van der Waals surface area (Å²) < 4.78 is 50.0. The molecule has 0 atom stereocenters. The molecule has 0 fully saturated rings. The van der Waals surface area contributed by atoms with Crippen molar-refractivity contribution in [3.8, 4) is 0 Å². The molecular weight excluding hydrogens is 256 g/mol. The van der Waals surface area contributed by atoms with E-state index >= 15 is 0 Å². The molecule has 0 aliphatic heterocycles. The first-order chi connectivity index (χ1) is 5.88. The van der Waals surface area contributed by atoms with Gasteiger partial charge in [0.15, 0.2) is 5.69 Å². The molecule has 0 bridgehead atoms. The van der Waals surface area contributed by atoms with Crippen molar-refractivity contribution in [1.82, 2.24) is 9.78 Å². The first-order valence-corrected chi connectivity index (χ1v) is 4.34. The van der Waals surface area contributed by atoms with Crippen LogP contribution in [0.5, 0.6) is 0 Å². The summed E-state index contributed by atoms with van der Waals surface area (Å²) in [7, 11) is 1.12. The smallest absolute Gasteiger partial charge is 0.242 e. The maximum Gasteiger partial charge on any atom is 0.435 e. The van der Waals surface area contributed by atoms with Crippen molar-refractivity contribution in [2.24, 2.45) is 7.05 Å². The number of hydrogen-bond acceptors (Lipinski definition) is 1. The largest absolute Gasteiger partial charge is 0.435 e. The second kappa shape index (κ2) is 3.28.